The number of ether oxygens (including phenoxy) is 2. The summed E-state index contributed by atoms with van der Waals surface area (Å²) in [6.45, 7) is 1.99. The van der Waals surface area contributed by atoms with E-state index in [2.05, 4.69) is 10.1 Å². The second-order valence-electron chi connectivity index (χ2n) is 3.26. The van der Waals surface area contributed by atoms with Crippen LogP contribution in [0.2, 0.25) is 0 Å². The summed E-state index contributed by atoms with van der Waals surface area (Å²) in [7, 11) is 1.19. The van der Waals surface area contributed by atoms with Gasteiger partial charge in [-0.3, -0.25) is 4.79 Å². The van der Waals surface area contributed by atoms with E-state index in [1.54, 1.807) is 0 Å². The number of nitrogens with one attached hydrogen (secondary N) is 1. The monoisotopic (exact) mass is 201 g/mol. The molecule has 0 bridgehead atoms. The fraction of sp³-hybridized carbons (Fsp3) is 0.778. The number of hydrogen-bond acceptors (Lipinski definition) is 4. The maximum absolute atomic E-state index is 11.0. The van der Waals surface area contributed by atoms with Crippen LogP contribution in [0, 0.1) is 5.92 Å². The van der Waals surface area contributed by atoms with E-state index in [0.717, 1.165) is 26.1 Å². The van der Waals surface area contributed by atoms with Crippen LogP contribution in [-0.2, 0) is 19.1 Å². The fourth-order valence-electron chi connectivity index (χ4n) is 1.35. The first-order valence-corrected chi connectivity index (χ1v) is 4.68. The zero-order chi connectivity index (χ0) is 10.4. The van der Waals surface area contributed by atoms with Gasteiger partial charge < -0.3 is 14.8 Å². The van der Waals surface area contributed by atoms with Crippen molar-refractivity contribution in [3.63, 3.8) is 0 Å². The Morgan fingerprint density at radius 3 is 2.64 bits per heavy atom. The number of methoxy groups -OCH3 is 1. The molecule has 1 amide bonds. The van der Waals surface area contributed by atoms with Gasteiger partial charge in [-0.05, 0) is 18.8 Å². The lowest BCUT2D eigenvalue weighted by Crippen LogP contribution is -2.36. The molecule has 0 radical (unpaired) electrons. The summed E-state index contributed by atoms with van der Waals surface area (Å²) in [4.78, 5) is 21.7. The summed E-state index contributed by atoms with van der Waals surface area (Å²) in [5, 5.41) is 2.53. The minimum atomic E-state index is -0.836. The van der Waals surface area contributed by atoms with Crippen molar-refractivity contribution in [2.75, 3.05) is 26.9 Å². The van der Waals surface area contributed by atoms with Gasteiger partial charge in [0.1, 0.15) is 0 Å². The summed E-state index contributed by atoms with van der Waals surface area (Å²) in [6.07, 6.45) is 1.86. The molecule has 5 heteroatoms. The average Bonchev–Trinajstić information content (AvgIpc) is 2.26. The first-order chi connectivity index (χ1) is 6.74. The highest BCUT2D eigenvalue weighted by Gasteiger charge is 2.17. The maximum atomic E-state index is 11.0. The predicted molar refractivity (Wildman–Crippen MR) is 48.6 cm³/mol. The largest absolute Gasteiger partial charge is 0.462 e. The van der Waals surface area contributed by atoms with E-state index in [1.165, 1.54) is 7.11 Å². The van der Waals surface area contributed by atoms with Crippen molar-refractivity contribution < 1.29 is 19.1 Å². The van der Waals surface area contributed by atoms with Gasteiger partial charge in [-0.15, -0.1) is 0 Å². The topological polar surface area (TPSA) is 64.6 Å². The van der Waals surface area contributed by atoms with Gasteiger partial charge >= 0.3 is 11.9 Å². The molecular formula is C9H15NO4. The SMILES string of the molecule is COC(=O)C(=O)NCC1CCOCC1. The molecule has 80 valence electrons. The number of rotatable bonds is 2. The van der Waals surface area contributed by atoms with Crippen LogP contribution in [0.15, 0.2) is 0 Å². The van der Waals surface area contributed by atoms with Crippen molar-refractivity contribution in [3.8, 4) is 0 Å². The first kappa shape index (κ1) is 11.0. The molecule has 1 rings (SSSR count). The van der Waals surface area contributed by atoms with Crippen LogP contribution < -0.4 is 5.32 Å². The van der Waals surface area contributed by atoms with Gasteiger partial charge in [-0.25, -0.2) is 4.79 Å². The third kappa shape index (κ3) is 3.33. The second-order valence-corrected chi connectivity index (χ2v) is 3.26. The van der Waals surface area contributed by atoms with E-state index in [4.69, 9.17) is 4.74 Å². The van der Waals surface area contributed by atoms with Gasteiger partial charge in [0.2, 0.25) is 0 Å². The van der Waals surface area contributed by atoms with Gasteiger partial charge in [-0.2, -0.15) is 0 Å². The molecule has 0 aromatic heterocycles. The fourth-order valence-corrected chi connectivity index (χ4v) is 1.35. The number of amides is 1. The highest BCUT2D eigenvalue weighted by atomic mass is 16.5. The van der Waals surface area contributed by atoms with Gasteiger partial charge in [-0.1, -0.05) is 0 Å². The molecular weight excluding hydrogens is 186 g/mol. The first-order valence-electron chi connectivity index (χ1n) is 4.68. The van der Waals surface area contributed by atoms with Gasteiger partial charge in [0.15, 0.2) is 0 Å². The van der Waals surface area contributed by atoms with Crippen LogP contribution in [0.1, 0.15) is 12.8 Å². The molecule has 0 spiro atoms. The van der Waals surface area contributed by atoms with E-state index in [0.29, 0.717) is 12.5 Å². The zero-order valence-corrected chi connectivity index (χ0v) is 8.25. The highest BCUT2D eigenvalue weighted by molar-refractivity contribution is 6.32. The van der Waals surface area contributed by atoms with Gasteiger partial charge in [0.25, 0.3) is 0 Å². The van der Waals surface area contributed by atoms with Crippen LogP contribution in [0.4, 0.5) is 0 Å². The number of hydrogen-bond donors (Lipinski definition) is 1. The molecule has 1 N–H and O–H groups in total. The van der Waals surface area contributed by atoms with Crippen molar-refractivity contribution in [2.45, 2.75) is 12.8 Å². The summed E-state index contributed by atoms with van der Waals surface area (Å²) < 4.78 is 9.45. The Balaban J connectivity index is 2.18. The number of carbonyl (C=O) groups excluding carboxylic acids is 2. The Morgan fingerprint density at radius 2 is 2.07 bits per heavy atom. The summed E-state index contributed by atoms with van der Waals surface area (Å²) in [5.74, 6) is -1.09. The lowest BCUT2D eigenvalue weighted by molar-refractivity contribution is -0.152. The van der Waals surface area contributed by atoms with Crippen LogP contribution in [0.3, 0.4) is 0 Å². The van der Waals surface area contributed by atoms with E-state index in [1.807, 2.05) is 0 Å². The molecule has 1 aliphatic heterocycles. The van der Waals surface area contributed by atoms with Crippen LogP contribution >= 0.6 is 0 Å². The quantitative estimate of drug-likeness (QED) is 0.492. The molecule has 0 aliphatic carbocycles. The Kier molecular flexibility index (Phi) is 4.39. The van der Waals surface area contributed by atoms with Gasteiger partial charge in [0, 0.05) is 19.8 Å². The minimum absolute atomic E-state index is 0.414. The van der Waals surface area contributed by atoms with Crippen molar-refractivity contribution in [1.82, 2.24) is 5.32 Å². The van der Waals surface area contributed by atoms with Crippen molar-refractivity contribution in [1.29, 1.82) is 0 Å². The minimum Gasteiger partial charge on any atom is -0.462 e. The Morgan fingerprint density at radius 1 is 1.43 bits per heavy atom. The summed E-state index contributed by atoms with van der Waals surface area (Å²) >= 11 is 0. The second kappa shape index (κ2) is 5.59. The van der Waals surface area contributed by atoms with Crippen molar-refractivity contribution in [2.24, 2.45) is 5.92 Å². The van der Waals surface area contributed by atoms with E-state index >= 15 is 0 Å². The molecule has 14 heavy (non-hydrogen) atoms. The number of esters is 1. The summed E-state index contributed by atoms with van der Waals surface area (Å²) in [6, 6.07) is 0. The Labute approximate surface area is 82.8 Å². The van der Waals surface area contributed by atoms with Crippen LogP contribution in [0.25, 0.3) is 0 Å². The molecule has 0 unspecified atom stereocenters. The zero-order valence-electron chi connectivity index (χ0n) is 8.25. The smallest absolute Gasteiger partial charge is 0.396 e. The molecule has 0 aromatic rings. The van der Waals surface area contributed by atoms with E-state index in [-0.39, 0.29) is 0 Å². The number of carbonyl (C=O) groups is 2. The molecule has 1 saturated heterocycles. The Hall–Kier alpha value is -1.10. The van der Waals surface area contributed by atoms with Crippen LogP contribution in [-0.4, -0.2) is 38.7 Å². The lowest BCUT2D eigenvalue weighted by Gasteiger charge is -2.21. The average molecular weight is 201 g/mol. The molecule has 1 aliphatic rings. The molecule has 0 aromatic carbocycles. The van der Waals surface area contributed by atoms with Gasteiger partial charge in [0.05, 0.1) is 7.11 Å². The highest BCUT2D eigenvalue weighted by Crippen LogP contribution is 2.12. The Bertz CT molecular complexity index is 211. The summed E-state index contributed by atoms with van der Waals surface area (Å²) in [5.41, 5.74) is 0. The normalized spacial score (nSPS) is 17.5. The molecule has 5 nitrogen and oxygen atoms in total. The van der Waals surface area contributed by atoms with Crippen molar-refractivity contribution >= 4 is 11.9 Å². The predicted octanol–water partition coefficient (Wildman–Crippen LogP) is -0.298. The maximum Gasteiger partial charge on any atom is 0.396 e. The van der Waals surface area contributed by atoms with E-state index < -0.39 is 11.9 Å². The molecule has 0 saturated carbocycles. The van der Waals surface area contributed by atoms with Crippen molar-refractivity contribution in [3.05, 3.63) is 0 Å². The molecule has 0 atom stereocenters. The standard InChI is InChI=1S/C9H15NO4/c1-13-9(12)8(11)10-6-7-2-4-14-5-3-7/h7H,2-6H2,1H3,(H,10,11). The third-order valence-corrected chi connectivity index (χ3v) is 2.26. The lowest BCUT2D eigenvalue weighted by atomic mass is 10.0. The molecule has 1 fully saturated rings. The molecule has 1 heterocycles. The third-order valence-electron chi connectivity index (χ3n) is 2.26. The van der Waals surface area contributed by atoms with E-state index in [9.17, 15) is 9.59 Å². The van der Waals surface area contributed by atoms with Crippen LogP contribution in [0.5, 0.6) is 0 Å².